The lowest BCUT2D eigenvalue weighted by Crippen LogP contribution is -1.99. The molecule has 3 rings (SSSR count). The molecule has 2 unspecified atom stereocenters. The van der Waals surface area contributed by atoms with Gasteiger partial charge < -0.3 is 9.73 Å². The van der Waals surface area contributed by atoms with Crippen LogP contribution in [0.3, 0.4) is 0 Å². The third-order valence-electron chi connectivity index (χ3n) is 3.64. The molecule has 100 valence electrons. The van der Waals surface area contributed by atoms with E-state index in [0.29, 0.717) is 17.6 Å². The van der Waals surface area contributed by atoms with Gasteiger partial charge in [-0.05, 0) is 43.0 Å². The van der Waals surface area contributed by atoms with E-state index in [2.05, 4.69) is 23.3 Å². The SMILES string of the molecule is Cc1cc(NCc2ccc(C3CC3C)o2)cnc1Cl. The molecule has 0 spiro atoms. The van der Waals surface area contributed by atoms with Crippen molar-refractivity contribution in [3.8, 4) is 0 Å². The molecule has 0 aliphatic heterocycles. The van der Waals surface area contributed by atoms with Gasteiger partial charge in [-0.1, -0.05) is 18.5 Å². The highest BCUT2D eigenvalue weighted by Crippen LogP contribution is 2.47. The zero-order valence-corrected chi connectivity index (χ0v) is 11.9. The van der Waals surface area contributed by atoms with E-state index in [-0.39, 0.29) is 0 Å². The molecule has 1 fully saturated rings. The second-order valence-corrected chi connectivity index (χ2v) is 5.67. The van der Waals surface area contributed by atoms with Crippen LogP contribution in [0.2, 0.25) is 5.15 Å². The third-order valence-corrected chi connectivity index (χ3v) is 4.03. The maximum Gasteiger partial charge on any atom is 0.132 e. The number of pyridine rings is 1. The number of nitrogens with zero attached hydrogens (tertiary/aromatic N) is 1. The maximum absolute atomic E-state index is 5.90. The van der Waals surface area contributed by atoms with Crippen molar-refractivity contribution in [1.82, 2.24) is 4.98 Å². The van der Waals surface area contributed by atoms with Gasteiger partial charge in [-0.15, -0.1) is 0 Å². The van der Waals surface area contributed by atoms with Crippen LogP contribution in [-0.2, 0) is 6.54 Å². The van der Waals surface area contributed by atoms with Crippen molar-refractivity contribution in [1.29, 1.82) is 0 Å². The first-order chi connectivity index (χ1) is 9.13. The number of rotatable bonds is 4. The predicted molar refractivity (Wildman–Crippen MR) is 76.5 cm³/mol. The topological polar surface area (TPSA) is 38.1 Å². The van der Waals surface area contributed by atoms with Gasteiger partial charge in [0.05, 0.1) is 18.4 Å². The average molecular weight is 277 g/mol. The van der Waals surface area contributed by atoms with Gasteiger partial charge in [-0.2, -0.15) is 0 Å². The lowest BCUT2D eigenvalue weighted by atomic mass is 10.3. The number of anilines is 1. The Bertz CT molecular complexity index is 594. The summed E-state index contributed by atoms with van der Waals surface area (Å²) >= 11 is 5.90. The second-order valence-electron chi connectivity index (χ2n) is 5.31. The molecule has 1 aliphatic carbocycles. The highest BCUT2D eigenvalue weighted by Gasteiger charge is 2.36. The molecule has 2 heterocycles. The summed E-state index contributed by atoms with van der Waals surface area (Å²) in [5, 5.41) is 3.85. The summed E-state index contributed by atoms with van der Waals surface area (Å²) in [5.41, 5.74) is 1.93. The molecule has 0 amide bonds. The van der Waals surface area contributed by atoms with Gasteiger partial charge in [-0.3, -0.25) is 0 Å². The first-order valence-electron chi connectivity index (χ1n) is 6.58. The molecule has 1 saturated carbocycles. The van der Waals surface area contributed by atoms with Gasteiger partial charge in [0.25, 0.3) is 0 Å². The van der Waals surface area contributed by atoms with Crippen molar-refractivity contribution < 1.29 is 4.42 Å². The van der Waals surface area contributed by atoms with Gasteiger partial charge in [0.2, 0.25) is 0 Å². The van der Waals surface area contributed by atoms with E-state index in [1.54, 1.807) is 6.20 Å². The van der Waals surface area contributed by atoms with E-state index >= 15 is 0 Å². The Morgan fingerprint density at radius 3 is 2.95 bits per heavy atom. The van der Waals surface area contributed by atoms with Crippen LogP contribution in [0.1, 0.15) is 36.3 Å². The van der Waals surface area contributed by atoms with Gasteiger partial charge in [0.15, 0.2) is 0 Å². The first-order valence-corrected chi connectivity index (χ1v) is 6.96. The molecule has 0 saturated heterocycles. The fourth-order valence-electron chi connectivity index (χ4n) is 2.25. The number of hydrogen-bond acceptors (Lipinski definition) is 3. The van der Waals surface area contributed by atoms with Crippen molar-refractivity contribution in [3.05, 3.63) is 46.6 Å². The van der Waals surface area contributed by atoms with Crippen molar-refractivity contribution in [3.63, 3.8) is 0 Å². The lowest BCUT2D eigenvalue weighted by molar-refractivity contribution is 0.468. The minimum Gasteiger partial charge on any atom is -0.464 e. The van der Waals surface area contributed by atoms with Crippen LogP contribution in [-0.4, -0.2) is 4.98 Å². The predicted octanol–water partition coefficient (Wildman–Crippen LogP) is 4.37. The molecule has 2 atom stereocenters. The van der Waals surface area contributed by atoms with Crippen molar-refractivity contribution in [2.75, 3.05) is 5.32 Å². The normalized spacial score (nSPS) is 21.4. The number of aryl methyl sites for hydroxylation is 1. The molecule has 1 N–H and O–H groups in total. The third kappa shape index (κ3) is 2.76. The second kappa shape index (κ2) is 4.89. The fourth-order valence-corrected chi connectivity index (χ4v) is 2.35. The largest absolute Gasteiger partial charge is 0.464 e. The summed E-state index contributed by atoms with van der Waals surface area (Å²) in [4.78, 5) is 4.12. The van der Waals surface area contributed by atoms with Gasteiger partial charge in [0, 0.05) is 5.92 Å². The van der Waals surface area contributed by atoms with Crippen LogP contribution >= 0.6 is 11.6 Å². The van der Waals surface area contributed by atoms with E-state index in [4.69, 9.17) is 16.0 Å². The fraction of sp³-hybridized carbons (Fsp3) is 0.400. The zero-order valence-electron chi connectivity index (χ0n) is 11.1. The summed E-state index contributed by atoms with van der Waals surface area (Å²) in [6, 6.07) is 6.13. The molecule has 19 heavy (non-hydrogen) atoms. The van der Waals surface area contributed by atoms with Gasteiger partial charge >= 0.3 is 0 Å². The van der Waals surface area contributed by atoms with Crippen LogP contribution in [0.5, 0.6) is 0 Å². The molecule has 1 aliphatic rings. The van der Waals surface area contributed by atoms with E-state index in [1.807, 2.05) is 19.1 Å². The summed E-state index contributed by atoms with van der Waals surface area (Å²) < 4.78 is 5.84. The summed E-state index contributed by atoms with van der Waals surface area (Å²) in [6.45, 7) is 4.87. The molecular weight excluding hydrogens is 260 g/mol. The Hall–Kier alpha value is -1.48. The quantitative estimate of drug-likeness (QED) is 0.843. The van der Waals surface area contributed by atoms with Crippen molar-refractivity contribution in [2.24, 2.45) is 5.92 Å². The van der Waals surface area contributed by atoms with E-state index in [0.717, 1.165) is 28.7 Å². The van der Waals surface area contributed by atoms with Crippen LogP contribution < -0.4 is 5.32 Å². The van der Waals surface area contributed by atoms with Crippen LogP contribution in [0.25, 0.3) is 0 Å². The number of furan rings is 1. The molecule has 0 bridgehead atoms. The summed E-state index contributed by atoms with van der Waals surface area (Å²) in [6.07, 6.45) is 2.99. The molecule has 3 nitrogen and oxygen atoms in total. The van der Waals surface area contributed by atoms with Crippen molar-refractivity contribution >= 4 is 17.3 Å². The lowest BCUT2D eigenvalue weighted by Gasteiger charge is -2.05. The summed E-state index contributed by atoms with van der Waals surface area (Å²) in [7, 11) is 0. The minimum absolute atomic E-state index is 0.550. The van der Waals surface area contributed by atoms with E-state index in [1.165, 1.54) is 6.42 Å². The summed E-state index contributed by atoms with van der Waals surface area (Å²) in [5.74, 6) is 3.49. The molecule has 2 aromatic heterocycles. The van der Waals surface area contributed by atoms with E-state index in [9.17, 15) is 0 Å². The van der Waals surface area contributed by atoms with Gasteiger partial charge in [-0.25, -0.2) is 4.98 Å². The monoisotopic (exact) mass is 276 g/mol. The zero-order chi connectivity index (χ0) is 13.4. The average Bonchev–Trinajstić information content (AvgIpc) is 2.94. The van der Waals surface area contributed by atoms with E-state index < -0.39 is 0 Å². The Morgan fingerprint density at radius 1 is 1.47 bits per heavy atom. The van der Waals surface area contributed by atoms with Crippen molar-refractivity contribution in [2.45, 2.75) is 32.7 Å². The number of hydrogen-bond donors (Lipinski definition) is 1. The minimum atomic E-state index is 0.550. The maximum atomic E-state index is 5.90. The first kappa shape index (κ1) is 12.5. The Morgan fingerprint density at radius 2 is 2.26 bits per heavy atom. The van der Waals surface area contributed by atoms with Gasteiger partial charge in [0.1, 0.15) is 16.7 Å². The number of halogens is 1. The molecular formula is C15H17ClN2O. The smallest absolute Gasteiger partial charge is 0.132 e. The highest BCUT2D eigenvalue weighted by molar-refractivity contribution is 6.30. The molecule has 2 aromatic rings. The number of aromatic nitrogens is 1. The highest BCUT2D eigenvalue weighted by atomic mass is 35.5. The Labute approximate surface area is 118 Å². The molecule has 0 radical (unpaired) electrons. The van der Waals surface area contributed by atoms with Crippen LogP contribution in [0.4, 0.5) is 5.69 Å². The standard InChI is InChI=1S/C15H17ClN2O/c1-9-6-13(9)14-4-3-12(19-14)8-17-11-5-10(2)15(16)18-7-11/h3-5,7,9,13,17H,6,8H2,1-2H3. The number of nitrogens with one attached hydrogen (secondary N) is 1. The Balaban J connectivity index is 1.62. The Kier molecular flexibility index (Phi) is 3.23. The molecule has 0 aromatic carbocycles. The molecule has 4 heteroatoms. The van der Waals surface area contributed by atoms with Crippen LogP contribution in [0, 0.1) is 12.8 Å². The van der Waals surface area contributed by atoms with Crippen LogP contribution in [0.15, 0.2) is 28.8 Å².